The van der Waals surface area contributed by atoms with E-state index in [1.54, 1.807) is 23.6 Å². The minimum Gasteiger partial charge on any atom is -0.493 e. The molecule has 8 nitrogen and oxygen atoms in total. The number of carbonyl (C=O) groups excluding carboxylic acids is 1. The molecule has 2 heterocycles. The SMILES string of the molecule is CCOC(=O)C1=C(c2ccccc2)N=c2s/c(=C\c3cc(I)c(OCC#N)c(OC)c3)c(=O)n2[C@@H]1c1ccccc1. The first-order valence-corrected chi connectivity index (χ1v) is 14.6. The molecule has 0 saturated heterocycles. The van der Waals surface area contributed by atoms with Gasteiger partial charge in [-0.15, -0.1) is 0 Å². The van der Waals surface area contributed by atoms with Crippen LogP contribution in [0.4, 0.5) is 0 Å². The normalized spacial score (nSPS) is 14.6. The lowest BCUT2D eigenvalue weighted by Crippen LogP contribution is -2.40. The Labute approximate surface area is 253 Å². The van der Waals surface area contributed by atoms with Gasteiger partial charge in [-0.2, -0.15) is 5.26 Å². The van der Waals surface area contributed by atoms with Gasteiger partial charge in [-0.1, -0.05) is 72.0 Å². The Hall–Kier alpha value is -4.21. The van der Waals surface area contributed by atoms with Crippen LogP contribution in [-0.2, 0) is 9.53 Å². The summed E-state index contributed by atoms with van der Waals surface area (Å²) in [6.45, 7) is 1.82. The molecule has 5 rings (SSSR count). The Morgan fingerprint density at radius 1 is 1.15 bits per heavy atom. The molecule has 1 aliphatic heterocycles. The second-order valence-corrected chi connectivity index (χ2v) is 11.0. The third-order valence-corrected chi connectivity index (χ3v) is 8.10. The molecule has 1 atom stereocenters. The van der Waals surface area contributed by atoms with E-state index in [0.717, 1.165) is 14.7 Å². The standard InChI is InChI=1S/C31H24IN3O5S/c1-3-39-30(37)25-26(20-10-6-4-7-11-20)34-31-35(27(25)21-12-8-5-9-13-21)29(36)24(41-31)18-19-16-22(32)28(40-15-14-33)23(17-19)38-2/h4-13,16-18,27H,3,15H2,1-2H3/b24-18-/t27-/m1/s1. The van der Waals surface area contributed by atoms with Crippen LogP contribution in [0.15, 0.2) is 88.2 Å². The van der Waals surface area contributed by atoms with Crippen molar-refractivity contribution in [1.82, 2.24) is 4.57 Å². The topological polar surface area (TPSA) is 103 Å². The van der Waals surface area contributed by atoms with Gasteiger partial charge in [0.1, 0.15) is 6.07 Å². The van der Waals surface area contributed by atoms with Gasteiger partial charge in [-0.25, -0.2) is 9.79 Å². The second-order valence-electron chi connectivity index (χ2n) is 8.82. The number of aromatic nitrogens is 1. The van der Waals surface area contributed by atoms with E-state index in [-0.39, 0.29) is 18.8 Å². The number of carbonyl (C=O) groups is 1. The number of hydrogen-bond donors (Lipinski definition) is 0. The van der Waals surface area contributed by atoms with Gasteiger partial charge in [0.2, 0.25) is 0 Å². The van der Waals surface area contributed by atoms with Crippen molar-refractivity contribution in [3.63, 3.8) is 0 Å². The lowest BCUT2D eigenvalue weighted by atomic mass is 9.93. The molecule has 0 spiro atoms. The third-order valence-electron chi connectivity index (χ3n) is 6.32. The Balaban J connectivity index is 1.76. The molecule has 1 aliphatic rings. The van der Waals surface area contributed by atoms with Gasteiger partial charge in [0.15, 0.2) is 22.9 Å². The first-order chi connectivity index (χ1) is 20.0. The molecule has 0 radical (unpaired) electrons. The van der Waals surface area contributed by atoms with E-state index >= 15 is 0 Å². The van der Waals surface area contributed by atoms with Gasteiger partial charge < -0.3 is 14.2 Å². The van der Waals surface area contributed by atoms with E-state index in [0.29, 0.717) is 37.7 Å². The Morgan fingerprint density at radius 3 is 2.51 bits per heavy atom. The summed E-state index contributed by atoms with van der Waals surface area (Å²) in [7, 11) is 1.52. The van der Waals surface area contributed by atoms with E-state index < -0.39 is 12.0 Å². The summed E-state index contributed by atoms with van der Waals surface area (Å²) in [5.41, 5.74) is 2.72. The molecule has 0 bridgehead atoms. The molecule has 0 amide bonds. The third kappa shape index (κ3) is 5.68. The zero-order valence-corrected chi connectivity index (χ0v) is 25.1. The highest BCUT2D eigenvalue weighted by atomic mass is 127. The molecule has 0 fully saturated rings. The fraction of sp³-hybridized carbons (Fsp3) is 0.161. The first kappa shape index (κ1) is 28.3. The lowest BCUT2D eigenvalue weighted by Gasteiger charge is -2.25. The fourth-order valence-electron chi connectivity index (χ4n) is 4.61. The summed E-state index contributed by atoms with van der Waals surface area (Å²) in [5, 5.41) is 8.92. The van der Waals surface area contributed by atoms with Crippen LogP contribution in [0.5, 0.6) is 11.5 Å². The molecule has 10 heteroatoms. The zero-order valence-electron chi connectivity index (χ0n) is 22.2. The smallest absolute Gasteiger partial charge is 0.338 e. The number of halogens is 1. The largest absolute Gasteiger partial charge is 0.493 e. The maximum atomic E-state index is 14.0. The van der Waals surface area contributed by atoms with Crippen molar-refractivity contribution >= 4 is 51.7 Å². The molecule has 0 aliphatic carbocycles. The summed E-state index contributed by atoms with van der Waals surface area (Å²) in [6.07, 6.45) is 1.76. The average Bonchev–Trinajstić information content (AvgIpc) is 3.30. The molecule has 1 aromatic heterocycles. The summed E-state index contributed by atoms with van der Waals surface area (Å²) >= 11 is 3.35. The highest BCUT2D eigenvalue weighted by Crippen LogP contribution is 2.36. The molecule has 206 valence electrons. The predicted octanol–water partition coefficient (Wildman–Crippen LogP) is 4.45. The van der Waals surface area contributed by atoms with Crippen molar-refractivity contribution in [3.05, 3.63) is 118 Å². The lowest BCUT2D eigenvalue weighted by molar-refractivity contribution is -0.138. The highest BCUT2D eigenvalue weighted by molar-refractivity contribution is 14.1. The number of rotatable bonds is 8. The van der Waals surface area contributed by atoms with E-state index in [1.807, 2.05) is 72.8 Å². The van der Waals surface area contributed by atoms with Gasteiger partial charge in [0.25, 0.3) is 5.56 Å². The zero-order chi connectivity index (χ0) is 28.9. The van der Waals surface area contributed by atoms with Gasteiger partial charge in [-0.3, -0.25) is 9.36 Å². The number of benzene rings is 3. The van der Waals surface area contributed by atoms with Crippen molar-refractivity contribution in [2.24, 2.45) is 4.99 Å². The van der Waals surface area contributed by atoms with Gasteiger partial charge >= 0.3 is 5.97 Å². The van der Waals surface area contributed by atoms with Crippen molar-refractivity contribution in [1.29, 1.82) is 5.26 Å². The van der Waals surface area contributed by atoms with Crippen molar-refractivity contribution in [3.8, 4) is 17.6 Å². The van der Waals surface area contributed by atoms with E-state index in [4.69, 9.17) is 24.5 Å². The Kier molecular flexibility index (Phi) is 8.66. The van der Waals surface area contributed by atoms with Crippen LogP contribution in [0.2, 0.25) is 0 Å². The Morgan fingerprint density at radius 2 is 1.85 bits per heavy atom. The minimum atomic E-state index is -0.736. The fourth-order valence-corrected chi connectivity index (χ4v) is 6.39. The maximum absolute atomic E-state index is 14.0. The van der Waals surface area contributed by atoms with E-state index in [1.165, 1.54) is 18.4 Å². The van der Waals surface area contributed by atoms with Crippen LogP contribution in [0, 0.1) is 14.9 Å². The van der Waals surface area contributed by atoms with Crippen molar-refractivity contribution in [2.45, 2.75) is 13.0 Å². The molecular weight excluding hydrogens is 653 g/mol. The number of ether oxygens (including phenoxy) is 3. The van der Waals surface area contributed by atoms with Gasteiger partial charge in [-0.05, 0) is 58.9 Å². The molecule has 0 unspecified atom stereocenters. The van der Waals surface area contributed by atoms with Crippen LogP contribution >= 0.6 is 33.9 Å². The van der Waals surface area contributed by atoms with Crippen LogP contribution in [0.25, 0.3) is 11.8 Å². The number of esters is 1. The second kappa shape index (κ2) is 12.5. The first-order valence-electron chi connectivity index (χ1n) is 12.7. The highest BCUT2D eigenvalue weighted by Gasteiger charge is 2.35. The summed E-state index contributed by atoms with van der Waals surface area (Å²) < 4.78 is 19.3. The monoisotopic (exact) mass is 677 g/mol. The minimum absolute atomic E-state index is 0.115. The van der Waals surface area contributed by atoms with Gasteiger partial charge in [0.05, 0.1) is 39.1 Å². The number of nitriles is 1. The molecule has 0 saturated carbocycles. The number of thiazole rings is 1. The summed E-state index contributed by atoms with van der Waals surface area (Å²) in [4.78, 5) is 32.9. The molecule has 3 aromatic carbocycles. The quantitative estimate of drug-likeness (QED) is 0.202. The number of fused-ring (bicyclic) bond motifs is 1. The van der Waals surface area contributed by atoms with Crippen molar-refractivity contribution in [2.75, 3.05) is 20.3 Å². The van der Waals surface area contributed by atoms with Crippen LogP contribution in [0.1, 0.15) is 29.7 Å². The summed E-state index contributed by atoms with van der Waals surface area (Å²) in [6, 6.07) is 23.7. The number of hydrogen-bond acceptors (Lipinski definition) is 8. The van der Waals surface area contributed by atoms with Gasteiger partial charge in [0, 0.05) is 5.56 Å². The van der Waals surface area contributed by atoms with Crippen LogP contribution in [-0.4, -0.2) is 30.9 Å². The van der Waals surface area contributed by atoms with Crippen LogP contribution < -0.4 is 24.4 Å². The average molecular weight is 678 g/mol. The number of methoxy groups -OCH3 is 1. The summed E-state index contributed by atoms with van der Waals surface area (Å²) in [5.74, 6) is 0.388. The molecule has 41 heavy (non-hydrogen) atoms. The van der Waals surface area contributed by atoms with Crippen LogP contribution in [0.3, 0.4) is 0 Å². The maximum Gasteiger partial charge on any atom is 0.338 e. The van der Waals surface area contributed by atoms with E-state index in [9.17, 15) is 9.59 Å². The number of nitrogens with zero attached hydrogens (tertiary/aromatic N) is 3. The van der Waals surface area contributed by atoms with E-state index in [2.05, 4.69) is 22.6 Å². The molecule has 0 N–H and O–H groups in total. The predicted molar refractivity (Wildman–Crippen MR) is 164 cm³/mol. The molecule has 4 aromatic rings. The molecular formula is C31H24IN3O5S. The Bertz CT molecular complexity index is 1860. The van der Waals surface area contributed by atoms with Crippen molar-refractivity contribution < 1.29 is 19.0 Å².